The first-order valence-electron chi connectivity index (χ1n) is 5.15. The summed E-state index contributed by atoms with van der Waals surface area (Å²) in [5.41, 5.74) is 0.667. The normalized spacial score (nSPS) is 10.2. The lowest BCUT2D eigenvalue weighted by Gasteiger charge is -1.98. The number of rotatable bonds is 7. The van der Waals surface area contributed by atoms with Gasteiger partial charge in [0.05, 0.1) is 18.3 Å². The van der Waals surface area contributed by atoms with Crippen molar-refractivity contribution in [2.45, 2.75) is 19.9 Å². The molecule has 0 atom stereocenters. The molecule has 0 amide bonds. The lowest BCUT2D eigenvalue weighted by molar-refractivity contribution is 0.0992. The third kappa shape index (κ3) is 3.67. The molecule has 0 saturated carbocycles. The van der Waals surface area contributed by atoms with Crippen LogP contribution < -0.4 is 5.32 Å². The molecule has 1 aromatic heterocycles. The Morgan fingerprint density at radius 1 is 1.73 bits per heavy atom. The van der Waals surface area contributed by atoms with Crippen LogP contribution in [0.1, 0.15) is 23.7 Å². The molecule has 1 N–H and O–H groups in total. The number of aromatic nitrogens is 2. The van der Waals surface area contributed by atoms with E-state index < -0.39 is 0 Å². The van der Waals surface area contributed by atoms with Crippen molar-refractivity contribution in [1.82, 2.24) is 15.1 Å². The molecule has 4 nitrogen and oxygen atoms in total. The topological polar surface area (TPSA) is 46.9 Å². The molecular weight excluding hydrogens is 190 g/mol. The van der Waals surface area contributed by atoms with E-state index in [2.05, 4.69) is 23.9 Å². The van der Waals surface area contributed by atoms with Gasteiger partial charge in [-0.3, -0.25) is 9.48 Å². The highest BCUT2D eigenvalue weighted by molar-refractivity contribution is 5.97. The molecule has 0 aliphatic heterocycles. The molecule has 4 heteroatoms. The molecule has 82 valence electrons. The summed E-state index contributed by atoms with van der Waals surface area (Å²) in [6.07, 6.45) is 6.16. The van der Waals surface area contributed by atoms with Gasteiger partial charge in [-0.25, -0.2) is 0 Å². The molecule has 0 radical (unpaired) electrons. The number of carbonyl (C=O) groups excluding carboxylic acids is 1. The smallest absolute Gasteiger partial charge is 0.179 e. The first-order valence-corrected chi connectivity index (χ1v) is 5.15. The number of hydrogen-bond donors (Lipinski definition) is 1. The fourth-order valence-electron chi connectivity index (χ4n) is 1.25. The van der Waals surface area contributed by atoms with Crippen molar-refractivity contribution in [3.05, 3.63) is 30.6 Å². The average Bonchev–Trinajstić information content (AvgIpc) is 2.67. The van der Waals surface area contributed by atoms with Crippen molar-refractivity contribution < 1.29 is 4.79 Å². The van der Waals surface area contributed by atoms with Crippen LogP contribution in [0.4, 0.5) is 0 Å². The van der Waals surface area contributed by atoms with Crippen LogP contribution in [-0.2, 0) is 6.54 Å². The van der Waals surface area contributed by atoms with E-state index in [0.717, 1.165) is 13.0 Å². The highest BCUT2D eigenvalue weighted by Gasteiger charge is 2.07. The number of nitrogens with zero attached hydrogens (tertiary/aromatic N) is 2. The van der Waals surface area contributed by atoms with Gasteiger partial charge in [-0.1, -0.05) is 13.0 Å². The number of Topliss-reactive ketones (excluding diaryl/α,β-unsaturated/α-hetero) is 1. The average molecular weight is 207 g/mol. The molecule has 1 rings (SSSR count). The van der Waals surface area contributed by atoms with E-state index in [1.54, 1.807) is 23.2 Å². The zero-order valence-corrected chi connectivity index (χ0v) is 9.07. The SMILES string of the molecule is C=CCNCC(=O)c1cnn(CCC)c1. The molecule has 0 unspecified atom stereocenters. The van der Waals surface area contributed by atoms with Crippen LogP contribution in [0.25, 0.3) is 0 Å². The molecule has 0 spiro atoms. The molecule has 0 aliphatic rings. The Morgan fingerprint density at radius 2 is 2.53 bits per heavy atom. The van der Waals surface area contributed by atoms with Gasteiger partial charge in [0.25, 0.3) is 0 Å². The molecule has 1 heterocycles. The molecule has 1 aromatic rings. The van der Waals surface area contributed by atoms with E-state index in [0.29, 0.717) is 18.7 Å². The third-order valence-corrected chi connectivity index (χ3v) is 1.98. The van der Waals surface area contributed by atoms with Gasteiger partial charge >= 0.3 is 0 Å². The summed E-state index contributed by atoms with van der Waals surface area (Å²) in [6.45, 7) is 7.49. The van der Waals surface area contributed by atoms with Gasteiger partial charge in [0.2, 0.25) is 0 Å². The van der Waals surface area contributed by atoms with Gasteiger partial charge in [0, 0.05) is 19.3 Å². The Kier molecular flexibility index (Phi) is 4.77. The molecular formula is C11H17N3O. The minimum Gasteiger partial charge on any atom is -0.306 e. The Labute approximate surface area is 90.0 Å². The van der Waals surface area contributed by atoms with Crippen molar-refractivity contribution >= 4 is 5.78 Å². The van der Waals surface area contributed by atoms with E-state index in [9.17, 15) is 4.79 Å². The molecule has 0 aromatic carbocycles. The van der Waals surface area contributed by atoms with E-state index in [1.165, 1.54) is 0 Å². The van der Waals surface area contributed by atoms with Crippen LogP contribution in [0.15, 0.2) is 25.0 Å². The zero-order chi connectivity index (χ0) is 11.1. The lowest BCUT2D eigenvalue weighted by atomic mass is 10.2. The Hall–Kier alpha value is -1.42. The quantitative estimate of drug-likeness (QED) is 0.416. The summed E-state index contributed by atoms with van der Waals surface area (Å²) in [4.78, 5) is 11.6. The minimum absolute atomic E-state index is 0.0687. The predicted molar refractivity (Wildman–Crippen MR) is 59.9 cm³/mol. The van der Waals surface area contributed by atoms with Crippen LogP contribution >= 0.6 is 0 Å². The van der Waals surface area contributed by atoms with Gasteiger partial charge in [0.1, 0.15) is 0 Å². The summed E-state index contributed by atoms with van der Waals surface area (Å²) < 4.78 is 1.79. The van der Waals surface area contributed by atoms with Crippen LogP contribution in [0.5, 0.6) is 0 Å². The second-order valence-electron chi connectivity index (χ2n) is 3.33. The van der Waals surface area contributed by atoms with Crippen LogP contribution in [0.2, 0.25) is 0 Å². The second-order valence-corrected chi connectivity index (χ2v) is 3.33. The van der Waals surface area contributed by atoms with Gasteiger partial charge < -0.3 is 5.32 Å². The maximum atomic E-state index is 11.6. The standard InChI is InChI=1S/C11H17N3O/c1-3-5-12-8-11(15)10-7-13-14(9-10)6-4-2/h3,7,9,12H,1,4-6,8H2,2H3. The fourth-order valence-corrected chi connectivity index (χ4v) is 1.25. The molecule has 0 bridgehead atoms. The Bertz CT molecular complexity index is 330. The monoisotopic (exact) mass is 207 g/mol. The van der Waals surface area contributed by atoms with Crippen molar-refractivity contribution in [3.63, 3.8) is 0 Å². The Morgan fingerprint density at radius 3 is 3.20 bits per heavy atom. The Balaban J connectivity index is 2.46. The third-order valence-electron chi connectivity index (χ3n) is 1.98. The van der Waals surface area contributed by atoms with Gasteiger partial charge in [0.15, 0.2) is 5.78 Å². The predicted octanol–water partition coefficient (Wildman–Crippen LogP) is 1.25. The fraction of sp³-hybridized carbons (Fsp3) is 0.455. The number of aryl methyl sites for hydroxylation is 1. The molecule has 0 saturated heterocycles. The van der Waals surface area contributed by atoms with Gasteiger partial charge in [-0.15, -0.1) is 6.58 Å². The maximum Gasteiger partial charge on any atom is 0.179 e. The zero-order valence-electron chi connectivity index (χ0n) is 9.07. The molecule has 0 aliphatic carbocycles. The number of hydrogen-bond acceptors (Lipinski definition) is 3. The van der Waals surface area contributed by atoms with Crippen LogP contribution in [-0.4, -0.2) is 28.7 Å². The number of carbonyl (C=O) groups is 1. The van der Waals surface area contributed by atoms with Gasteiger partial charge in [-0.05, 0) is 6.42 Å². The lowest BCUT2D eigenvalue weighted by Crippen LogP contribution is -2.22. The first-order chi connectivity index (χ1) is 7.27. The summed E-state index contributed by atoms with van der Waals surface area (Å²) in [6, 6.07) is 0. The van der Waals surface area contributed by atoms with E-state index >= 15 is 0 Å². The minimum atomic E-state index is 0.0687. The first kappa shape index (κ1) is 11.7. The van der Waals surface area contributed by atoms with E-state index in [4.69, 9.17) is 0 Å². The van der Waals surface area contributed by atoms with Crippen molar-refractivity contribution in [2.75, 3.05) is 13.1 Å². The van der Waals surface area contributed by atoms with E-state index in [1.807, 2.05) is 0 Å². The molecule has 0 fully saturated rings. The van der Waals surface area contributed by atoms with Crippen molar-refractivity contribution in [1.29, 1.82) is 0 Å². The number of ketones is 1. The van der Waals surface area contributed by atoms with Gasteiger partial charge in [-0.2, -0.15) is 5.10 Å². The van der Waals surface area contributed by atoms with Crippen molar-refractivity contribution in [2.24, 2.45) is 0 Å². The maximum absolute atomic E-state index is 11.6. The summed E-state index contributed by atoms with van der Waals surface area (Å²) in [5, 5.41) is 7.07. The van der Waals surface area contributed by atoms with Crippen LogP contribution in [0, 0.1) is 0 Å². The highest BCUT2D eigenvalue weighted by atomic mass is 16.1. The largest absolute Gasteiger partial charge is 0.306 e. The number of nitrogens with one attached hydrogen (secondary N) is 1. The molecule has 15 heavy (non-hydrogen) atoms. The second kappa shape index (κ2) is 6.14. The van der Waals surface area contributed by atoms with Crippen molar-refractivity contribution in [3.8, 4) is 0 Å². The summed E-state index contributed by atoms with van der Waals surface area (Å²) in [5.74, 6) is 0.0687. The highest BCUT2D eigenvalue weighted by Crippen LogP contribution is 1.99. The van der Waals surface area contributed by atoms with E-state index in [-0.39, 0.29) is 5.78 Å². The summed E-state index contributed by atoms with van der Waals surface area (Å²) in [7, 11) is 0. The van der Waals surface area contributed by atoms with Crippen LogP contribution in [0.3, 0.4) is 0 Å². The summed E-state index contributed by atoms with van der Waals surface area (Å²) >= 11 is 0.